The highest BCUT2D eigenvalue weighted by atomic mass is 35.5. The van der Waals surface area contributed by atoms with Crippen LogP contribution in [0.5, 0.6) is 0 Å². The summed E-state index contributed by atoms with van der Waals surface area (Å²) in [6.07, 6.45) is 3.38. The highest BCUT2D eigenvalue weighted by Crippen LogP contribution is 2.13. The van der Waals surface area contributed by atoms with E-state index in [4.69, 9.17) is 11.6 Å². The fraction of sp³-hybridized carbons (Fsp3) is 0.462. The first-order chi connectivity index (χ1) is 9.51. The number of aromatic nitrogens is 4. The third kappa shape index (κ3) is 3.19. The van der Waals surface area contributed by atoms with Crippen LogP contribution in [0.3, 0.4) is 0 Å². The number of rotatable bonds is 5. The van der Waals surface area contributed by atoms with Gasteiger partial charge in [0.15, 0.2) is 0 Å². The monoisotopic (exact) mass is 295 g/mol. The van der Waals surface area contributed by atoms with E-state index in [1.54, 1.807) is 19.3 Å². The Morgan fingerprint density at radius 3 is 2.90 bits per heavy atom. The van der Waals surface area contributed by atoms with Crippen molar-refractivity contribution >= 4 is 17.5 Å². The van der Waals surface area contributed by atoms with Crippen LogP contribution in [-0.2, 0) is 17.9 Å². The van der Waals surface area contributed by atoms with Gasteiger partial charge < -0.3 is 5.32 Å². The van der Waals surface area contributed by atoms with Crippen LogP contribution < -0.4 is 5.32 Å². The molecule has 108 valence electrons. The van der Waals surface area contributed by atoms with Crippen molar-refractivity contribution in [3.63, 3.8) is 0 Å². The zero-order valence-corrected chi connectivity index (χ0v) is 12.6. The molecule has 7 heteroatoms. The van der Waals surface area contributed by atoms with Gasteiger partial charge in [-0.15, -0.1) is 0 Å². The van der Waals surface area contributed by atoms with Crippen molar-refractivity contribution < 1.29 is 4.79 Å². The standard InChI is InChI=1S/C13H18ClN5O/c1-4-19-12(5-6-15-19)10(3)16-13(20)8-18-7-11(14)9(2)17-18/h5-7,10H,4,8H2,1-3H3,(H,16,20). The van der Waals surface area contributed by atoms with Gasteiger partial charge in [0.05, 0.1) is 22.5 Å². The quantitative estimate of drug-likeness (QED) is 0.917. The van der Waals surface area contributed by atoms with Crippen molar-refractivity contribution in [2.45, 2.75) is 39.9 Å². The molecule has 0 aliphatic rings. The molecule has 6 nitrogen and oxygen atoms in total. The maximum Gasteiger partial charge on any atom is 0.242 e. The molecule has 0 saturated carbocycles. The Morgan fingerprint density at radius 1 is 1.55 bits per heavy atom. The summed E-state index contributed by atoms with van der Waals surface area (Å²) in [7, 11) is 0. The van der Waals surface area contributed by atoms with Crippen LogP contribution in [-0.4, -0.2) is 25.5 Å². The van der Waals surface area contributed by atoms with Crippen molar-refractivity contribution in [1.29, 1.82) is 0 Å². The predicted octanol–water partition coefficient (Wildman–Crippen LogP) is 1.94. The van der Waals surface area contributed by atoms with Crippen LogP contribution in [0.4, 0.5) is 0 Å². The van der Waals surface area contributed by atoms with E-state index in [0.29, 0.717) is 5.02 Å². The molecule has 2 heterocycles. The molecular weight excluding hydrogens is 278 g/mol. The third-order valence-electron chi connectivity index (χ3n) is 3.06. The minimum absolute atomic E-state index is 0.0999. The maximum atomic E-state index is 12.0. The number of halogens is 1. The molecule has 0 aromatic carbocycles. The number of nitrogens with zero attached hydrogens (tertiary/aromatic N) is 4. The summed E-state index contributed by atoms with van der Waals surface area (Å²) in [5.74, 6) is -0.111. The summed E-state index contributed by atoms with van der Waals surface area (Å²) in [6, 6.07) is 1.81. The molecule has 0 aliphatic carbocycles. The van der Waals surface area contributed by atoms with Crippen LogP contribution in [0.1, 0.15) is 31.3 Å². The Labute approximate surface area is 122 Å². The van der Waals surface area contributed by atoms with Crippen LogP contribution in [0.25, 0.3) is 0 Å². The molecule has 0 bridgehead atoms. The van der Waals surface area contributed by atoms with Gasteiger partial charge in [0.2, 0.25) is 5.91 Å². The van der Waals surface area contributed by atoms with E-state index in [-0.39, 0.29) is 18.5 Å². The molecule has 0 saturated heterocycles. The molecule has 0 fully saturated rings. The van der Waals surface area contributed by atoms with Gasteiger partial charge in [0.25, 0.3) is 0 Å². The fourth-order valence-electron chi connectivity index (χ4n) is 2.06. The number of hydrogen-bond donors (Lipinski definition) is 1. The molecule has 0 aliphatic heterocycles. The number of hydrogen-bond acceptors (Lipinski definition) is 3. The average molecular weight is 296 g/mol. The summed E-state index contributed by atoms with van der Waals surface area (Å²) in [5.41, 5.74) is 1.70. The molecule has 1 amide bonds. The van der Waals surface area contributed by atoms with E-state index in [9.17, 15) is 4.79 Å². The molecule has 1 N–H and O–H groups in total. The summed E-state index contributed by atoms with van der Waals surface area (Å²) < 4.78 is 3.40. The lowest BCUT2D eigenvalue weighted by Gasteiger charge is -2.15. The summed E-state index contributed by atoms with van der Waals surface area (Å²) in [6.45, 7) is 6.68. The first-order valence-corrected chi connectivity index (χ1v) is 6.89. The molecule has 0 radical (unpaired) electrons. The third-order valence-corrected chi connectivity index (χ3v) is 3.43. The summed E-state index contributed by atoms with van der Waals surface area (Å²) >= 11 is 5.91. The molecule has 2 aromatic rings. The molecule has 1 unspecified atom stereocenters. The van der Waals surface area contributed by atoms with Crippen LogP contribution >= 0.6 is 11.6 Å². The number of carbonyl (C=O) groups is 1. The van der Waals surface area contributed by atoms with Crippen molar-refractivity contribution in [3.8, 4) is 0 Å². The van der Waals surface area contributed by atoms with Crippen LogP contribution in [0.15, 0.2) is 18.5 Å². The Morgan fingerprint density at radius 2 is 2.30 bits per heavy atom. The van der Waals surface area contributed by atoms with E-state index < -0.39 is 0 Å². The molecule has 2 aromatic heterocycles. The fourth-order valence-corrected chi connectivity index (χ4v) is 2.21. The lowest BCUT2D eigenvalue weighted by Crippen LogP contribution is -2.31. The number of nitrogens with one attached hydrogen (secondary N) is 1. The van der Waals surface area contributed by atoms with Gasteiger partial charge in [0.1, 0.15) is 6.54 Å². The van der Waals surface area contributed by atoms with E-state index in [0.717, 1.165) is 17.9 Å². The molecular formula is C13H18ClN5O. The largest absolute Gasteiger partial charge is 0.346 e. The lowest BCUT2D eigenvalue weighted by atomic mass is 10.2. The van der Waals surface area contributed by atoms with Crippen LogP contribution in [0, 0.1) is 6.92 Å². The zero-order valence-electron chi connectivity index (χ0n) is 11.8. The highest BCUT2D eigenvalue weighted by Gasteiger charge is 2.14. The smallest absolute Gasteiger partial charge is 0.242 e. The Bertz CT molecular complexity index is 584. The van der Waals surface area contributed by atoms with Crippen molar-refractivity contribution in [2.24, 2.45) is 0 Å². The van der Waals surface area contributed by atoms with Crippen molar-refractivity contribution in [3.05, 3.63) is 34.9 Å². The number of carbonyl (C=O) groups excluding carboxylic acids is 1. The van der Waals surface area contributed by atoms with Crippen molar-refractivity contribution in [2.75, 3.05) is 0 Å². The summed E-state index contributed by atoms with van der Waals surface area (Å²) in [4.78, 5) is 12.0. The normalized spacial score (nSPS) is 12.4. The lowest BCUT2D eigenvalue weighted by molar-refractivity contribution is -0.122. The number of aryl methyl sites for hydroxylation is 2. The average Bonchev–Trinajstić information content (AvgIpc) is 2.96. The summed E-state index contributed by atoms with van der Waals surface area (Å²) in [5, 5.41) is 11.8. The molecule has 1 atom stereocenters. The Balaban J connectivity index is 1.97. The predicted molar refractivity (Wildman–Crippen MR) is 76.4 cm³/mol. The van der Waals surface area contributed by atoms with E-state index in [1.807, 2.05) is 24.6 Å². The van der Waals surface area contributed by atoms with E-state index in [1.165, 1.54) is 4.68 Å². The van der Waals surface area contributed by atoms with Crippen LogP contribution in [0.2, 0.25) is 5.02 Å². The first-order valence-electron chi connectivity index (χ1n) is 6.52. The van der Waals surface area contributed by atoms with Gasteiger partial charge in [-0.05, 0) is 26.8 Å². The second kappa shape index (κ2) is 6.09. The topological polar surface area (TPSA) is 64.7 Å². The Hall–Kier alpha value is -1.82. The highest BCUT2D eigenvalue weighted by molar-refractivity contribution is 6.31. The first kappa shape index (κ1) is 14.6. The zero-order chi connectivity index (χ0) is 14.7. The SMILES string of the molecule is CCn1nccc1C(C)NC(=O)Cn1cc(Cl)c(C)n1. The molecule has 2 rings (SSSR count). The van der Waals surface area contributed by atoms with Gasteiger partial charge in [-0.2, -0.15) is 10.2 Å². The number of amides is 1. The van der Waals surface area contributed by atoms with Gasteiger partial charge in [-0.3, -0.25) is 14.2 Å². The van der Waals surface area contributed by atoms with Gasteiger partial charge >= 0.3 is 0 Å². The second-order valence-corrected chi connectivity index (χ2v) is 5.03. The molecule has 0 spiro atoms. The van der Waals surface area contributed by atoms with Gasteiger partial charge in [-0.25, -0.2) is 0 Å². The van der Waals surface area contributed by atoms with Crippen molar-refractivity contribution in [1.82, 2.24) is 24.9 Å². The van der Waals surface area contributed by atoms with Gasteiger partial charge in [-0.1, -0.05) is 11.6 Å². The molecule has 20 heavy (non-hydrogen) atoms. The Kier molecular flexibility index (Phi) is 4.44. The minimum atomic E-state index is -0.111. The minimum Gasteiger partial charge on any atom is -0.346 e. The maximum absolute atomic E-state index is 12.0. The van der Waals surface area contributed by atoms with E-state index in [2.05, 4.69) is 15.5 Å². The van der Waals surface area contributed by atoms with E-state index >= 15 is 0 Å². The second-order valence-electron chi connectivity index (χ2n) is 4.62. The van der Waals surface area contributed by atoms with Gasteiger partial charge in [0, 0.05) is 18.9 Å².